The van der Waals surface area contributed by atoms with Crippen molar-refractivity contribution in [1.82, 2.24) is 0 Å². The number of esters is 2. The summed E-state index contributed by atoms with van der Waals surface area (Å²) in [4.78, 5) is 22.4. The first-order valence-electron chi connectivity index (χ1n) is 6.38. The fourth-order valence-electron chi connectivity index (χ4n) is 1.09. The predicted octanol–water partition coefficient (Wildman–Crippen LogP) is 1.26. The van der Waals surface area contributed by atoms with Gasteiger partial charge in [0.25, 0.3) is 0 Å². The van der Waals surface area contributed by atoms with Crippen LogP contribution in [0.5, 0.6) is 0 Å². The van der Waals surface area contributed by atoms with Crippen LogP contribution in [-0.4, -0.2) is 51.6 Å². The minimum absolute atomic E-state index is 0.0843. The van der Waals surface area contributed by atoms with Crippen molar-refractivity contribution in [3.63, 3.8) is 0 Å². The molecule has 0 rings (SSSR count). The summed E-state index contributed by atoms with van der Waals surface area (Å²) < 4.78 is 19.9. The Morgan fingerprint density at radius 3 is 1.45 bits per heavy atom. The minimum atomic E-state index is -0.468. The third kappa shape index (κ3) is 8.44. The smallest absolute Gasteiger partial charge is 0.335 e. The van der Waals surface area contributed by atoms with Crippen LogP contribution in [0, 0.1) is 0 Å². The zero-order chi connectivity index (χ0) is 15.4. The predicted molar refractivity (Wildman–Crippen MR) is 73.2 cm³/mol. The summed E-state index contributed by atoms with van der Waals surface area (Å²) >= 11 is 0. The lowest BCUT2D eigenvalue weighted by molar-refractivity contribution is -0.140. The zero-order valence-electron chi connectivity index (χ0n) is 12.1. The highest BCUT2D eigenvalue weighted by Gasteiger charge is 2.08. The van der Waals surface area contributed by atoms with Crippen molar-refractivity contribution >= 4 is 11.9 Å². The van der Waals surface area contributed by atoms with Gasteiger partial charge in [-0.1, -0.05) is 13.2 Å². The molecule has 0 atom stereocenters. The van der Waals surface area contributed by atoms with Crippen molar-refractivity contribution in [1.29, 1.82) is 0 Å². The number of ether oxygens (including phenoxy) is 4. The Kier molecular flexibility index (Phi) is 10.3. The van der Waals surface area contributed by atoms with E-state index < -0.39 is 11.9 Å². The summed E-state index contributed by atoms with van der Waals surface area (Å²) in [5.74, 6) is -0.937. The van der Waals surface area contributed by atoms with Gasteiger partial charge in [-0.05, 0) is 13.8 Å². The number of carbonyl (C=O) groups excluding carboxylic acids is 2. The van der Waals surface area contributed by atoms with Gasteiger partial charge >= 0.3 is 11.9 Å². The quantitative estimate of drug-likeness (QED) is 0.323. The molecule has 0 saturated carbocycles. The SMILES string of the molecule is C=C(COCCOCC(=C)C(=O)OCC)C(=O)OCC. The molecule has 20 heavy (non-hydrogen) atoms. The lowest BCUT2D eigenvalue weighted by atomic mass is 10.3. The van der Waals surface area contributed by atoms with Gasteiger partial charge < -0.3 is 18.9 Å². The van der Waals surface area contributed by atoms with E-state index in [2.05, 4.69) is 13.2 Å². The maximum absolute atomic E-state index is 11.2. The molecule has 114 valence electrons. The van der Waals surface area contributed by atoms with Gasteiger partial charge in [0, 0.05) is 0 Å². The summed E-state index contributed by atoms with van der Waals surface area (Å²) in [5.41, 5.74) is 0.505. The van der Waals surface area contributed by atoms with Crippen LogP contribution in [0.3, 0.4) is 0 Å². The van der Waals surface area contributed by atoms with Crippen molar-refractivity contribution in [3.8, 4) is 0 Å². The van der Waals surface area contributed by atoms with E-state index in [1.807, 2.05) is 0 Å². The van der Waals surface area contributed by atoms with Crippen molar-refractivity contribution in [2.24, 2.45) is 0 Å². The Morgan fingerprint density at radius 1 is 0.800 bits per heavy atom. The summed E-state index contributed by atoms with van der Waals surface area (Å²) in [7, 11) is 0. The first-order chi connectivity index (χ1) is 9.52. The van der Waals surface area contributed by atoms with E-state index in [0.717, 1.165) is 0 Å². The highest BCUT2D eigenvalue weighted by Crippen LogP contribution is 1.98. The average Bonchev–Trinajstić information content (AvgIpc) is 2.42. The van der Waals surface area contributed by atoms with E-state index in [-0.39, 0.29) is 37.6 Å². The summed E-state index contributed by atoms with van der Waals surface area (Å²) in [6.45, 7) is 11.9. The maximum Gasteiger partial charge on any atom is 0.335 e. The third-order valence-electron chi connectivity index (χ3n) is 2.05. The molecular weight excluding hydrogens is 264 g/mol. The van der Waals surface area contributed by atoms with Crippen LogP contribution < -0.4 is 0 Å². The molecule has 0 aliphatic heterocycles. The zero-order valence-corrected chi connectivity index (χ0v) is 12.1. The normalized spacial score (nSPS) is 9.90. The van der Waals surface area contributed by atoms with E-state index in [0.29, 0.717) is 13.2 Å². The van der Waals surface area contributed by atoms with E-state index in [1.165, 1.54) is 0 Å². The maximum atomic E-state index is 11.2. The summed E-state index contributed by atoms with van der Waals surface area (Å²) in [5, 5.41) is 0. The fourth-order valence-corrected chi connectivity index (χ4v) is 1.09. The van der Waals surface area contributed by atoms with Crippen molar-refractivity contribution in [2.45, 2.75) is 13.8 Å². The lowest BCUT2D eigenvalue weighted by Crippen LogP contribution is -2.15. The third-order valence-corrected chi connectivity index (χ3v) is 2.05. The Labute approximate surface area is 119 Å². The van der Waals surface area contributed by atoms with Crippen LogP contribution in [0.2, 0.25) is 0 Å². The first kappa shape index (κ1) is 18.3. The second-order valence-corrected chi connectivity index (χ2v) is 3.75. The van der Waals surface area contributed by atoms with Crippen LogP contribution in [0.1, 0.15) is 13.8 Å². The van der Waals surface area contributed by atoms with Crippen LogP contribution in [0.4, 0.5) is 0 Å². The molecule has 0 unspecified atom stereocenters. The molecule has 0 aromatic rings. The highest BCUT2D eigenvalue weighted by molar-refractivity contribution is 5.88. The Morgan fingerprint density at radius 2 is 1.15 bits per heavy atom. The van der Waals surface area contributed by atoms with Gasteiger partial charge in [-0.15, -0.1) is 0 Å². The van der Waals surface area contributed by atoms with E-state index in [9.17, 15) is 9.59 Å². The molecule has 0 aromatic heterocycles. The van der Waals surface area contributed by atoms with Crippen LogP contribution in [0.25, 0.3) is 0 Å². The van der Waals surface area contributed by atoms with E-state index >= 15 is 0 Å². The monoisotopic (exact) mass is 286 g/mol. The van der Waals surface area contributed by atoms with Gasteiger partial charge in [0.2, 0.25) is 0 Å². The highest BCUT2D eigenvalue weighted by atomic mass is 16.5. The summed E-state index contributed by atoms with van der Waals surface area (Å²) in [6.07, 6.45) is 0. The number of carbonyl (C=O) groups is 2. The van der Waals surface area contributed by atoms with Gasteiger partial charge in [0.05, 0.1) is 50.8 Å². The van der Waals surface area contributed by atoms with Crippen molar-refractivity contribution < 1.29 is 28.5 Å². The molecule has 0 spiro atoms. The fraction of sp³-hybridized carbons (Fsp3) is 0.571. The molecule has 0 heterocycles. The van der Waals surface area contributed by atoms with Crippen LogP contribution >= 0.6 is 0 Å². The Balaban J connectivity index is 3.58. The minimum Gasteiger partial charge on any atom is -0.463 e. The largest absolute Gasteiger partial charge is 0.463 e. The average molecular weight is 286 g/mol. The van der Waals surface area contributed by atoms with Crippen LogP contribution in [0.15, 0.2) is 24.3 Å². The van der Waals surface area contributed by atoms with Gasteiger partial charge in [-0.25, -0.2) is 9.59 Å². The Bertz CT molecular complexity index is 314. The van der Waals surface area contributed by atoms with Crippen molar-refractivity contribution in [3.05, 3.63) is 24.3 Å². The molecule has 0 aliphatic carbocycles. The first-order valence-corrected chi connectivity index (χ1v) is 6.38. The number of hydrogen-bond acceptors (Lipinski definition) is 6. The molecule has 6 nitrogen and oxygen atoms in total. The molecule has 6 heteroatoms. The van der Waals surface area contributed by atoms with Gasteiger partial charge in [0.15, 0.2) is 0 Å². The van der Waals surface area contributed by atoms with Crippen LogP contribution in [-0.2, 0) is 28.5 Å². The molecule has 0 radical (unpaired) electrons. The topological polar surface area (TPSA) is 71.1 Å². The van der Waals surface area contributed by atoms with Gasteiger partial charge in [0.1, 0.15) is 0 Å². The molecule has 0 aromatic carbocycles. The molecule has 0 bridgehead atoms. The van der Waals surface area contributed by atoms with E-state index in [1.54, 1.807) is 13.8 Å². The molecule has 0 amide bonds. The Hall–Kier alpha value is -1.66. The van der Waals surface area contributed by atoms with E-state index in [4.69, 9.17) is 18.9 Å². The standard InChI is InChI=1S/C14H22O6/c1-5-19-13(15)11(3)9-17-7-8-18-10-12(4)14(16)20-6-2/h3-10H2,1-2H3. The second kappa shape index (κ2) is 11.2. The molecule has 0 fully saturated rings. The second-order valence-electron chi connectivity index (χ2n) is 3.75. The molecule has 0 aliphatic rings. The molecule has 0 N–H and O–H groups in total. The number of rotatable bonds is 11. The summed E-state index contributed by atoms with van der Waals surface area (Å²) in [6, 6.07) is 0. The van der Waals surface area contributed by atoms with Gasteiger partial charge in [-0.3, -0.25) is 0 Å². The molecular formula is C14H22O6. The van der Waals surface area contributed by atoms with Crippen molar-refractivity contribution in [2.75, 3.05) is 39.6 Å². The number of hydrogen-bond donors (Lipinski definition) is 0. The lowest BCUT2D eigenvalue weighted by Gasteiger charge is -2.08. The molecule has 0 saturated heterocycles. The van der Waals surface area contributed by atoms with Gasteiger partial charge in [-0.2, -0.15) is 0 Å².